The summed E-state index contributed by atoms with van der Waals surface area (Å²) in [5.74, 6) is 0.205. The second-order valence-electron chi connectivity index (χ2n) is 7.38. The van der Waals surface area contributed by atoms with E-state index < -0.39 is 16.1 Å². The number of sulfonamides is 1. The van der Waals surface area contributed by atoms with Crippen molar-refractivity contribution in [2.75, 3.05) is 33.2 Å². The number of hydrogen-bond donors (Lipinski definition) is 1. The summed E-state index contributed by atoms with van der Waals surface area (Å²) in [7, 11) is -1.37. The highest BCUT2D eigenvalue weighted by molar-refractivity contribution is 7.90. The molecule has 1 heterocycles. The molecule has 6 nitrogen and oxygen atoms in total. The quantitative estimate of drug-likeness (QED) is 0.781. The van der Waals surface area contributed by atoms with Crippen LogP contribution in [0.1, 0.15) is 46.0 Å². The molecule has 0 spiro atoms. The fourth-order valence-electron chi connectivity index (χ4n) is 3.41. The predicted octanol–water partition coefficient (Wildman–Crippen LogP) is 1.04. The molecule has 1 N–H and O–H groups in total. The molecule has 1 saturated carbocycles. The third-order valence-electron chi connectivity index (χ3n) is 4.87. The third-order valence-corrected chi connectivity index (χ3v) is 6.83. The fraction of sp³-hybridized carbons (Fsp3) is 0.938. The molecule has 1 aliphatic carbocycles. The number of nitrogens with zero attached hydrogens (tertiary/aromatic N) is 2. The highest BCUT2D eigenvalue weighted by Crippen LogP contribution is 2.25. The summed E-state index contributed by atoms with van der Waals surface area (Å²) in [5.41, 5.74) is 0. The number of carbonyl (C=O) groups excluding carboxylic acids is 1. The Bertz CT molecular complexity index is 493. The van der Waals surface area contributed by atoms with E-state index in [1.165, 1.54) is 0 Å². The van der Waals surface area contributed by atoms with Crippen LogP contribution in [0.5, 0.6) is 0 Å². The Morgan fingerprint density at radius 3 is 2.22 bits per heavy atom. The lowest BCUT2D eigenvalue weighted by molar-refractivity contribution is -0.135. The SMILES string of the molecule is CC(C)C[C@@H](NS(=O)(=O)C1CCCC1)C(=O)N1CCN(C)CC1. The summed E-state index contributed by atoms with van der Waals surface area (Å²) < 4.78 is 27.9. The van der Waals surface area contributed by atoms with Gasteiger partial charge in [-0.05, 0) is 32.2 Å². The molecule has 0 radical (unpaired) electrons. The van der Waals surface area contributed by atoms with Crippen LogP contribution in [0.2, 0.25) is 0 Å². The van der Waals surface area contributed by atoms with E-state index in [-0.39, 0.29) is 17.1 Å². The van der Waals surface area contributed by atoms with Crippen molar-refractivity contribution in [2.24, 2.45) is 5.92 Å². The summed E-state index contributed by atoms with van der Waals surface area (Å²) in [6.07, 6.45) is 3.91. The summed E-state index contributed by atoms with van der Waals surface area (Å²) in [4.78, 5) is 16.8. The number of rotatable bonds is 6. The molecule has 1 amide bonds. The lowest BCUT2D eigenvalue weighted by Gasteiger charge is -2.35. The van der Waals surface area contributed by atoms with Gasteiger partial charge in [0.15, 0.2) is 0 Å². The molecule has 2 aliphatic rings. The predicted molar refractivity (Wildman–Crippen MR) is 91.6 cm³/mol. The van der Waals surface area contributed by atoms with E-state index in [0.717, 1.165) is 25.9 Å². The van der Waals surface area contributed by atoms with Gasteiger partial charge in [-0.3, -0.25) is 4.79 Å². The Balaban J connectivity index is 2.05. The Labute approximate surface area is 140 Å². The minimum Gasteiger partial charge on any atom is -0.339 e. The number of nitrogens with one attached hydrogen (secondary N) is 1. The molecule has 7 heteroatoms. The number of carbonyl (C=O) groups is 1. The van der Waals surface area contributed by atoms with Crippen LogP contribution in [-0.4, -0.2) is 68.6 Å². The van der Waals surface area contributed by atoms with Gasteiger partial charge in [0.25, 0.3) is 0 Å². The van der Waals surface area contributed by atoms with Gasteiger partial charge in [-0.25, -0.2) is 13.1 Å². The molecule has 0 aromatic carbocycles. The molecular formula is C16H31N3O3S. The van der Waals surface area contributed by atoms with Gasteiger partial charge in [0.1, 0.15) is 6.04 Å². The first-order chi connectivity index (χ1) is 10.8. The van der Waals surface area contributed by atoms with E-state index in [1.54, 1.807) is 0 Å². The summed E-state index contributed by atoms with van der Waals surface area (Å²) >= 11 is 0. The maximum atomic E-state index is 12.8. The number of hydrogen-bond acceptors (Lipinski definition) is 4. The minimum absolute atomic E-state index is 0.0617. The Morgan fingerprint density at radius 1 is 1.13 bits per heavy atom. The van der Waals surface area contributed by atoms with E-state index in [4.69, 9.17) is 0 Å². The van der Waals surface area contributed by atoms with E-state index in [2.05, 4.69) is 9.62 Å². The topological polar surface area (TPSA) is 69.7 Å². The van der Waals surface area contributed by atoms with Crippen molar-refractivity contribution in [3.8, 4) is 0 Å². The first-order valence-electron chi connectivity index (χ1n) is 8.78. The molecule has 2 fully saturated rings. The van der Waals surface area contributed by atoms with Gasteiger partial charge in [-0.2, -0.15) is 0 Å². The molecule has 0 aromatic heterocycles. The van der Waals surface area contributed by atoms with Gasteiger partial charge in [0, 0.05) is 26.2 Å². The van der Waals surface area contributed by atoms with Crippen molar-refractivity contribution < 1.29 is 13.2 Å². The summed E-state index contributed by atoms with van der Waals surface area (Å²) in [5, 5.41) is -0.322. The third kappa shape index (κ3) is 5.16. The largest absolute Gasteiger partial charge is 0.339 e. The van der Waals surface area contributed by atoms with E-state index >= 15 is 0 Å². The lowest BCUT2D eigenvalue weighted by Crippen LogP contribution is -2.55. The van der Waals surface area contributed by atoms with Gasteiger partial charge in [-0.15, -0.1) is 0 Å². The first-order valence-corrected chi connectivity index (χ1v) is 10.3. The van der Waals surface area contributed by atoms with Crippen molar-refractivity contribution in [1.82, 2.24) is 14.5 Å². The van der Waals surface area contributed by atoms with E-state index in [9.17, 15) is 13.2 Å². The van der Waals surface area contributed by atoms with Crippen molar-refractivity contribution in [3.63, 3.8) is 0 Å². The van der Waals surface area contributed by atoms with Crippen molar-refractivity contribution in [2.45, 2.75) is 57.2 Å². The molecule has 1 atom stereocenters. The lowest BCUT2D eigenvalue weighted by atomic mass is 10.0. The molecule has 2 rings (SSSR count). The summed E-state index contributed by atoms with van der Waals surface area (Å²) in [6, 6.07) is -0.621. The van der Waals surface area contributed by atoms with Gasteiger partial charge in [0.05, 0.1) is 5.25 Å². The maximum Gasteiger partial charge on any atom is 0.240 e. The van der Waals surface area contributed by atoms with Crippen LogP contribution in [-0.2, 0) is 14.8 Å². The molecule has 1 aliphatic heterocycles. The molecule has 0 unspecified atom stereocenters. The summed E-state index contributed by atoms with van der Waals surface area (Å²) in [6.45, 7) is 7.08. The highest BCUT2D eigenvalue weighted by Gasteiger charge is 2.35. The second kappa shape index (κ2) is 7.94. The maximum absolute atomic E-state index is 12.8. The first kappa shape index (κ1) is 18.7. The van der Waals surface area contributed by atoms with Crippen LogP contribution >= 0.6 is 0 Å². The average molecular weight is 346 g/mol. The normalized spacial score (nSPS) is 22.7. The number of piperazine rings is 1. The van der Waals surface area contributed by atoms with Crippen LogP contribution in [0.25, 0.3) is 0 Å². The van der Waals surface area contributed by atoms with Crippen LogP contribution < -0.4 is 4.72 Å². The molecule has 134 valence electrons. The van der Waals surface area contributed by atoms with Gasteiger partial charge < -0.3 is 9.80 Å². The second-order valence-corrected chi connectivity index (χ2v) is 9.37. The standard InChI is InChI=1S/C16H31N3O3S/c1-13(2)12-15(16(20)19-10-8-18(3)9-11-19)17-23(21,22)14-6-4-5-7-14/h13-15,17H,4-12H2,1-3H3/t15-/m1/s1. The van der Waals surface area contributed by atoms with Gasteiger partial charge in [-0.1, -0.05) is 26.7 Å². The van der Waals surface area contributed by atoms with E-state index in [0.29, 0.717) is 32.4 Å². The minimum atomic E-state index is -3.41. The highest BCUT2D eigenvalue weighted by atomic mass is 32.2. The molecule has 1 saturated heterocycles. The average Bonchev–Trinajstić information content (AvgIpc) is 3.01. The van der Waals surface area contributed by atoms with Gasteiger partial charge in [0.2, 0.25) is 15.9 Å². The van der Waals surface area contributed by atoms with Gasteiger partial charge >= 0.3 is 0 Å². The van der Waals surface area contributed by atoms with Crippen LogP contribution in [0, 0.1) is 5.92 Å². The Hall–Kier alpha value is -0.660. The monoisotopic (exact) mass is 345 g/mol. The zero-order valence-corrected chi connectivity index (χ0v) is 15.4. The van der Waals surface area contributed by atoms with Crippen LogP contribution in [0.3, 0.4) is 0 Å². The van der Waals surface area contributed by atoms with Crippen LogP contribution in [0.4, 0.5) is 0 Å². The van der Waals surface area contributed by atoms with E-state index in [1.807, 2.05) is 25.8 Å². The van der Waals surface area contributed by atoms with Crippen LogP contribution in [0.15, 0.2) is 0 Å². The van der Waals surface area contributed by atoms with Crippen molar-refractivity contribution in [1.29, 1.82) is 0 Å². The zero-order chi connectivity index (χ0) is 17.0. The molecule has 0 bridgehead atoms. The molecule has 0 aromatic rings. The number of likely N-dealkylation sites (N-methyl/N-ethyl adjacent to an activating group) is 1. The molecule has 23 heavy (non-hydrogen) atoms. The zero-order valence-electron chi connectivity index (χ0n) is 14.6. The molecular weight excluding hydrogens is 314 g/mol. The smallest absolute Gasteiger partial charge is 0.240 e. The van der Waals surface area contributed by atoms with Crippen molar-refractivity contribution >= 4 is 15.9 Å². The fourth-order valence-corrected chi connectivity index (χ4v) is 5.15. The van der Waals surface area contributed by atoms with Crippen molar-refractivity contribution in [3.05, 3.63) is 0 Å². The Morgan fingerprint density at radius 2 is 1.70 bits per heavy atom. The number of amides is 1. The Kier molecular flexibility index (Phi) is 6.45.